The number of H-pyrrole nitrogens is 1. The second-order valence-electron chi connectivity index (χ2n) is 6.97. The van der Waals surface area contributed by atoms with Crippen LogP contribution in [0, 0.1) is 0 Å². The Hall–Kier alpha value is -2.63. The van der Waals surface area contributed by atoms with Gasteiger partial charge in [-0.25, -0.2) is 0 Å². The Kier molecular flexibility index (Phi) is 5.51. The average molecular weight is 363 g/mol. The summed E-state index contributed by atoms with van der Waals surface area (Å²) in [5.74, 6) is 0.0425. The fourth-order valence-electron chi connectivity index (χ4n) is 3.59. The van der Waals surface area contributed by atoms with Gasteiger partial charge in [-0.15, -0.1) is 0 Å². The van der Waals surface area contributed by atoms with Crippen molar-refractivity contribution in [3.05, 3.63) is 71.4 Å². The Bertz CT molecular complexity index is 913. The van der Waals surface area contributed by atoms with Gasteiger partial charge in [-0.2, -0.15) is 0 Å². The van der Waals surface area contributed by atoms with Crippen LogP contribution in [-0.2, 0) is 29.0 Å². The summed E-state index contributed by atoms with van der Waals surface area (Å²) < 4.78 is 5.43. The predicted molar refractivity (Wildman–Crippen MR) is 106 cm³/mol. The zero-order valence-electron chi connectivity index (χ0n) is 15.4. The van der Waals surface area contributed by atoms with Crippen LogP contribution < -0.4 is 5.32 Å². The van der Waals surface area contributed by atoms with Crippen LogP contribution >= 0.6 is 0 Å². The van der Waals surface area contributed by atoms with Crippen molar-refractivity contribution in [3.8, 4) is 0 Å². The quantitative estimate of drug-likeness (QED) is 0.708. The molecule has 2 aromatic carbocycles. The van der Waals surface area contributed by atoms with E-state index in [1.807, 2.05) is 36.5 Å². The van der Waals surface area contributed by atoms with Crippen LogP contribution in [-0.4, -0.2) is 42.1 Å². The first-order valence-corrected chi connectivity index (χ1v) is 9.48. The van der Waals surface area contributed by atoms with Gasteiger partial charge in [-0.3, -0.25) is 9.69 Å². The Balaban J connectivity index is 1.37. The van der Waals surface area contributed by atoms with E-state index < -0.39 is 0 Å². The highest BCUT2D eigenvalue weighted by Gasteiger charge is 2.13. The molecule has 0 radical (unpaired) electrons. The van der Waals surface area contributed by atoms with Gasteiger partial charge in [0.05, 0.1) is 19.6 Å². The highest BCUT2D eigenvalue weighted by Crippen LogP contribution is 2.18. The summed E-state index contributed by atoms with van der Waals surface area (Å²) in [5.41, 5.74) is 4.55. The minimum Gasteiger partial charge on any atom is -0.379 e. The zero-order chi connectivity index (χ0) is 18.5. The summed E-state index contributed by atoms with van der Waals surface area (Å²) >= 11 is 0. The number of para-hydroxylation sites is 1. The minimum absolute atomic E-state index is 0.0425. The molecule has 2 N–H and O–H groups in total. The molecule has 3 aromatic rings. The molecule has 1 fully saturated rings. The normalized spacial score (nSPS) is 15.1. The third kappa shape index (κ3) is 4.38. The fraction of sp³-hybridized carbons (Fsp3) is 0.318. The van der Waals surface area contributed by atoms with Crippen LogP contribution in [0.4, 0.5) is 0 Å². The van der Waals surface area contributed by atoms with E-state index in [0.29, 0.717) is 13.0 Å². The van der Waals surface area contributed by atoms with Crippen molar-refractivity contribution in [3.63, 3.8) is 0 Å². The molecule has 27 heavy (non-hydrogen) atoms. The summed E-state index contributed by atoms with van der Waals surface area (Å²) in [6.45, 7) is 4.97. The maximum atomic E-state index is 12.5. The van der Waals surface area contributed by atoms with Gasteiger partial charge in [0.2, 0.25) is 5.91 Å². The first-order valence-electron chi connectivity index (χ1n) is 9.48. The number of nitrogens with zero attached hydrogens (tertiary/aromatic N) is 1. The molecule has 0 bridgehead atoms. The Morgan fingerprint density at radius 3 is 2.59 bits per heavy atom. The lowest BCUT2D eigenvalue weighted by Crippen LogP contribution is -2.36. The van der Waals surface area contributed by atoms with Gasteiger partial charge in [-0.05, 0) is 22.8 Å². The SMILES string of the molecule is O=C(Cc1c[nH]c2ccccc12)NCc1ccccc1CN1CCOCC1. The van der Waals surface area contributed by atoms with Gasteiger partial charge in [-0.1, -0.05) is 42.5 Å². The number of aromatic amines is 1. The molecule has 1 aliphatic heterocycles. The van der Waals surface area contributed by atoms with Crippen molar-refractivity contribution >= 4 is 16.8 Å². The highest BCUT2D eigenvalue weighted by molar-refractivity contribution is 5.88. The van der Waals surface area contributed by atoms with Crippen LogP contribution in [0.25, 0.3) is 10.9 Å². The van der Waals surface area contributed by atoms with E-state index in [-0.39, 0.29) is 5.91 Å². The highest BCUT2D eigenvalue weighted by atomic mass is 16.5. The summed E-state index contributed by atoms with van der Waals surface area (Å²) in [7, 11) is 0. The summed E-state index contributed by atoms with van der Waals surface area (Å²) in [5, 5.41) is 4.19. The molecule has 0 atom stereocenters. The second kappa shape index (κ2) is 8.37. The van der Waals surface area contributed by atoms with E-state index in [9.17, 15) is 4.79 Å². The number of hydrogen-bond acceptors (Lipinski definition) is 3. The lowest BCUT2D eigenvalue weighted by molar-refractivity contribution is -0.120. The standard InChI is InChI=1S/C22H25N3O2/c26-22(13-19-15-23-21-8-4-3-7-20(19)21)24-14-17-5-1-2-6-18(17)16-25-9-11-27-12-10-25/h1-8,15,23H,9-14,16H2,(H,24,26). The molecule has 4 rings (SSSR count). The molecule has 1 amide bonds. The Labute approximate surface area is 159 Å². The van der Waals surface area contributed by atoms with Crippen molar-refractivity contribution in [1.29, 1.82) is 0 Å². The van der Waals surface area contributed by atoms with Crippen molar-refractivity contribution in [2.75, 3.05) is 26.3 Å². The molecule has 1 saturated heterocycles. The van der Waals surface area contributed by atoms with Crippen LogP contribution in [0.1, 0.15) is 16.7 Å². The molecule has 0 spiro atoms. The number of nitrogens with one attached hydrogen (secondary N) is 2. The summed E-state index contributed by atoms with van der Waals surface area (Å²) in [6, 6.07) is 16.4. The van der Waals surface area contributed by atoms with Crippen molar-refractivity contribution in [2.24, 2.45) is 0 Å². The van der Waals surface area contributed by atoms with Crippen molar-refractivity contribution < 1.29 is 9.53 Å². The number of rotatable bonds is 6. The van der Waals surface area contributed by atoms with Gasteiger partial charge >= 0.3 is 0 Å². The third-order valence-electron chi connectivity index (χ3n) is 5.12. The third-order valence-corrected chi connectivity index (χ3v) is 5.12. The average Bonchev–Trinajstić information content (AvgIpc) is 3.11. The van der Waals surface area contributed by atoms with Crippen LogP contribution in [0.3, 0.4) is 0 Å². The molecule has 1 aliphatic rings. The van der Waals surface area contributed by atoms with Crippen LogP contribution in [0.15, 0.2) is 54.7 Å². The number of benzene rings is 2. The largest absolute Gasteiger partial charge is 0.379 e. The number of morpholine rings is 1. The number of carbonyl (C=O) groups is 1. The molecular weight excluding hydrogens is 338 g/mol. The predicted octanol–water partition coefficient (Wildman–Crippen LogP) is 2.86. The lowest BCUT2D eigenvalue weighted by atomic mass is 10.1. The van der Waals surface area contributed by atoms with E-state index in [1.165, 1.54) is 11.1 Å². The number of hydrogen-bond donors (Lipinski definition) is 2. The molecule has 2 heterocycles. The van der Waals surface area contributed by atoms with E-state index in [1.54, 1.807) is 0 Å². The molecule has 0 saturated carbocycles. The van der Waals surface area contributed by atoms with E-state index in [0.717, 1.165) is 49.3 Å². The van der Waals surface area contributed by atoms with Crippen LogP contribution in [0.2, 0.25) is 0 Å². The topological polar surface area (TPSA) is 57.4 Å². The van der Waals surface area contributed by atoms with Crippen molar-refractivity contribution in [2.45, 2.75) is 19.5 Å². The summed E-state index contributed by atoms with van der Waals surface area (Å²) in [4.78, 5) is 18.1. The van der Waals surface area contributed by atoms with Crippen LogP contribution in [0.5, 0.6) is 0 Å². The van der Waals surface area contributed by atoms with Gasteiger partial charge in [0.1, 0.15) is 0 Å². The Morgan fingerprint density at radius 1 is 1.00 bits per heavy atom. The molecule has 1 aromatic heterocycles. The number of ether oxygens (including phenoxy) is 1. The maximum absolute atomic E-state index is 12.5. The Morgan fingerprint density at radius 2 is 1.74 bits per heavy atom. The molecular formula is C22H25N3O2. The van der Waals surface area contributed by atoms with E-state index >= 15 is 0 Å². The number of aromatic nitrogens is 1. The van der Waals surface area contributed by atoms with Gasteiger partial charge in [0.15, 0.2) is 0 Å². The lowest BCUT2D eigenvalue weighted by Gasteiger charge is -2.27. The number of fused-ring (bicyclic) bond motifs is 1. The first-order chi connectivity index (χ1) is 13.3. The van der Waals surface area contributed by atoms with Gasteiger partial charge in [0.25, 0.3) is 0 Å². The first kappa shape index (κ1) is 17.8. The number of carbonyl (C=O) groups excluding carboxylic acids is 1. The number of amides is 1. The van der Waals surface area contributed by atoms with Gasteiger partial charge in [0, 0.05) is 43.3 Å². The van der Waals surface area contributed by atoms with E-state index in [2.05, 4.69) is 33.4 Å². The summed E-state index contributed by atoms with van der Waals surface area (Å²) in [6.07, 6.45) is 2.31. The molecule has 0 aliphatic carbocycles. The fourth-order valence-corrected chi connectivity index (χ4v) is 3.59. The minimum atomic E-state index is 0.0425. The maximum Gasteiger partial charge on any atom is 0.224 e. The van der Waals surface area contributed by atoms with Gasteiger partial charge < -0.3 is 15.0 Å². The molecule has 5 nitrogen and oxygen atoms in total. The zero-order valence-corrected chi connectivity index (χ0v) is 15.4. The van der Waals surface area contributed by atoms with E-state index in [4.69, 9.17) is 4.74 Å². The monoisotopic (exact) mass is 363 g/mol. The second-order valence-corrected chi connectivity index (χ2v) is 6.97. The molecule has 140 valence electrons. The van der Waals surface area contributed by atoms with Crippen molar-refractivity contribution in [1.82, 2.24) is 15.2 Å². The molecule has 5 heteroatoms. The smallest absolute Gasteiger partial charge is 0.224 e. The molecule has 0 unspecified atom stereocenters.